The summed E-state index contributed by atoms with van der Waals surface area (Å²) in [5.74, 6) is 0. The number of hydrogen-bond acceptors (Lipinski definition) is 1. The second-order valence-corrected chi connectivity index (χ2v) is 2.78. The molecule has 12 heavy (non-hydrogen) atoms. The highest BCUT2D eigenvalue weighted by molar-refractivity contribution is 5.86. The van der Waals surface area contributed by atoms with Crippen molar-refractivity contribution < 1.29 is 0 Å². The first-order valence-electron chi connectivity index (χ1n) is 3.80. The molecule has 0 aliphatic heterocycles. The van der Waals surface area contributed by atoms with E-state index in [0.717, 1.165) is 22.2 Å². The smallest absolute Gasteiger partial charge is 0.102 e. The van der Waals surface area contributed by atoms with Crippen molar-refractivity contribution in [1.29, 1.82) is 5.26 Å². The number of nitrogens with zero attached hydrogens (tertiary/aromatic N) is 1. The molecule has 2 nitrogen and oxygen atoms in total. The summed E-state index contributed by atoms with van der Waals surface area (Å²) in [4.78, 5) is 3.16. The van der Waals surface area contributed by atoms with Gasteiger partial charge in [0.2, 0.25) is 0 Å². The van der Waals surface area contributed by atoms with E-state index in [1.54, 1.807) is 0 Å². The Morgan fingerprint density at radius 2 is 2.08 bits per heavy atom. The van der Waals surface area contributed by atoms with E-state index in [2.05, 4.69) is 11.1 Å². The third-order valence-electron chi connectivity index (χ3n) is 2.01. The van der Waals surface area contributed by atoms with E-state index in [0.29, 0.717) is 0 Å². The number of aromatic amines is 1. The number of hydrogen-bond donors (Lipinski definition) is 1. The maximum absolute atomic E-state index is 8.84. The normalized spacial score (nSPS) is 10.0. The molecule has 2 heteroatoms. The zero-order valence-corrected chi connectivity index (χ0v) is 6.76. The van der Waals surface area contributed by atoms with E-state index >= 15 is 0 Å². The highest BCUT2D eigenvalue weighted by Crippen LogP contribution is 2.20. The molecule has 2 aromatic rings. The molecule has 0 aliphatic carbocycles. The van der Waals surface area contributed by atoms with Crippen molar-refractivity contribution in [3.63, 3.8) is 0 Å². The Kier molecular flexibility index (Phi) is 1.38. The average molecular weight is 156 g/mol. The molecule has 0 atom stereocenters. The third kappa shape index (κ3) is 0.802. The highest BCUT2D eigenvalue weighted by atomic mass is 14.7. The van der Waals surface area contributed by atoms with Crippen molar-refractivity contribution in [3.8, 4) is 6.07 Å². The lowest BCUT2D eigenvalue weighted by atomic mass is 10.1. The largest absolute Gasteiger partial charge is 0.358 e. The van der Waals surface area contributed by atoms with E-state index in [4.69, 9.17) is 5.26 Å². The van der Waals surface area contributed by atoms with Gasteiger partial charge in [0.05, 0.1) is 5.56 Å². The quantitative estimate of drug-likeness (QED) is 0.624. The predicted molar refractivity (Wildman–Crippen MR) is 47.8 cm³/mol. The summed E-state index contributed by atoms with van der Waals surface area (Å²) in [6.07, 6.45) is 0. The van der Waals surface area contributed by atoms with Crippen molar-refractivity contribution in [1.82, 2.24) is 4.98 Å². The van der Waals surface area contributed by atoms with E-state index in [1.807, 2.05) is 31.2 Å². The number of aryl methyl sites for hydroxylation is 1. The number of benzene rings is 1. The summed E-state index contributed by atoms with van der Waals surface area (Å²) in [6.45, 7) is 1.92. The molecule has 2 rings (SSSR count). The maximum Gasteiger partial charge on any atom is 0.102 e. The zero-order valence-electron chi connectivity index (χ0n) is 6.76. The molecule has 1 aromatic carbocycles. The van der Waals surface area contributed by atoms with Crippen LogP contribution in [0.25, 0.3) is 10.9 Å². The predicted octanol–water partition coefficient (Wildman–Crippen LogP) is 2.35. The number of nitrogens with one attached hydrogen (secondary N) is 1. The highest BCUT2D eigenvalue weighted by Gasteiger charge is 2.05. The van der Waals surface area contributed by atoms with Gasteiger partial charge in [0.15, 0.2) is 0 Å². The number of para-hydroxylation sites is 1. The molecule has 0 radical (unpaired) electrons. The summed E-state index contributed by atoms with van der Waals surface area (Å²) < 4.78 is 0. The molecule has 1 heterocycles. The van der Waals surface area contributed by atoms with Crippen LogP contribution in [0.3, 0.4) is 0 Å². The summed E-state index contributed by atoms with van der Waals surface area (Å²) in [7, 11) is 0. The Bertz CT molecular complexity index is 460. The number of rotatable bonds is 0. The number of nitriles is 1. The van der Waals surface area contributed by atoms with Crippen molar-refractivity contribution in [3.05, 3.63) is 35.5 Å². The summed E-state index contributed by atoms with van der Waals surface area (Å²) >= 11 is 0. The average Bonchev–Trinajstić information content (AvgIpc) is 2.40. The van der Waals surface area contributed by atoms with Gasteiger partial charge in [0.25, 0.3) is 0 Å². The van der Waals surface area contributed by atoms with Crippen LogP contribution in [0.4, 0.5) is 0 Å². The maximum atomic E-state index is 8.84. The number of H-pyrrole nitrogens is 1. The molecule has 0 spiro atoms. The van der Waals surface area contributed by atoms with Gasteiger partial charge in [-0.25, -0.2) is 0 Å². The van der Waals surface area contributed by atoms with E-state index < -0.39 is 0 Å². The Hall–Kier alpha value is -1.75. The molecule has 1 aromatic heterocycles. The van der Waals surface area contributed by atoms with Gasteiger partial charge in [-0.2, -0.15) is 5.26 Å². The lowest BCUT2D eigenvalue weighted by molar-refractivity contribution is 1.28. The molecule has 0 fully saturated rings. The minimum atomic E-state index is 0.755. The minimum Gasteiger partial charge on any atom is -0.358 e. The van der Waals surface area contributed by atoms with Gasteiger partial charge in [-0.15, -0.1) is 0 Å². The lowest BCUT2D eigenvalue weighted by Crippen LogP contribution is -1.73. The Morgan fingerprint density at radius 3 is 2.83 bits per heavy atom. The van der Waals surface area contributed by atoms with Crippen LogP contribution in [0.5, 0.6) is 0 Å². The first kappa shape index (κ1) is 6.93. The molecule has 0 unspecified atom stereocenters. The second kappa shape index (κ2) is 2.38. The van der Waals surface area contributed by atoms with Gasteiger partial charge in [-0.05, 0) is 13.0 Å². The SMILES string of the molecule is Cc1[nH]c2ccccc2c1C#N. The van der Waals surface area contributed by atoms with Crippen LogP contribution >= 0.6 is 0 Å². The fourth-order valence-corrected chi connectivity index (χ4v) is 1.42. The standard InChI is InChI=1S/C10H8N2/c1-7-9(6-11)8-4-2-3-5-10(8)12-7/h2-5,12H,1H3. The van der Waals surface area contributed by atoms with E-state index in [1.165, 1.54) is 0 Å². The monoisotopic (exact) mass is 156 g/mol. The van der Waals surface area contributed by atoms with Crippen LogP contribution in [0.1, 0.15) is 11.3 Å². The topological polar surface area (TPSA) is 39.6 Å². The molecular weight excluding hydrogens is 148 g/mol. The first-order valence-corrected chi connectivity index (χ1v) is 3.80. The fraction of sp³-hybridized carbons (Fsp3) is 0.100. The van der Waals surface area contributed by atoms with Gasteiger partial charge in [0, 0.05) is 16.6 Å². The Balaban J connectivity index is 2.93. The molecule has 0 saturated carbocycles. The van der Waals surface area contributed by atoms with Crippen LogP contribution in [0.15, 0.2) is 24.3 Å². The van der Waals surface area contributed by atoms with Crippen LogP contribution in [0, 0.1) is 18.3 Å². The summed E-state index contributed by atoms with van der Waals surface area (Å²) in [6, 6.07) is 10.0. The van der Waals surface area contributed by atoms with Gasteiger partial charge in [0.1, 0.15) is 6.07 Å². The van der Waals surface area contributed by atoms with Crippen LogP contribution in [0.2, 0.25) is 0 Å². The Morgan fingerprint density at radius 1 is 1.33 bits per heavy atom. The third-order valence-corrected chi connectivity index (χ3v) is 2.01. The number of fused-ring (bicyclic) bond motifs is 1. The summed E-state index contributed by atoms with van der Waals surface area (Å²) in [5, 5.41) is 9.85. The van der Waals surface area contributed by atoms with E-state index in [-0.39, 0.29) is 0 Å². The first-order chi connectivity index (χ1) is 5.83. The molecule has 0 amide bonds. The second-order valence-electron chi connectivity index (χ2n) is 2.78. The van der Waals surface area contributed by atoms with Gasteiger partial charge in [-0.1, -0.05) is 18.2 Å². The van der Waals surface area contributed by atoms with E-state index in [9.17, 15) is 0 Å². The lowest BCUT2D eigenvalue weighted by Gasteiger charge is -1.85. The van der Waals surface area contributed by atoms with Crippen LogP contribution in [-0.4, -0.2) is 4.98 Å². The van der Waals surface area contributed by atoms with Crippen molar-refractivity contribution in [2.24, 2.45) is 0 Å². The van der Waals surface area contributed by atoms with Gasteiger partial charge in [-0.3, -0.25) is 0 Å². The van der Waals surface area contributed by atoms with Gasteiger partial charge >= 0.3 is 0 Å². The molecule has 0 aliphatic rings. The van der Waals surface area contributed by atoms with Gasteiger partial charge < -0.3 is 4.98 Å². The van der Waals surface area contributed by atoms with Crippen molar-refractivity contribution in [2.45, 2.75) is 6.92 Å². The number of aromatic nitrogens is 1. The Labute approximate surface area is 70.4 Å². The molecular formula is C10H8N2. The van der Waals surface area contributed by atoms with Crippen LogP contribution in [-0.2, 0) is 0 Å². The van der Waals surface area contributed by atoms with Crippen molar-refractivity contribution >= 4 is 10.9 Å². The zero-order chi connectivity index (χ0) is 8.55. The fourth-order valence-electron chi connectivity index (χ4n) is 1.42. The van der Waals surface area contributed by atoms with Crippen LogP contribution < -0.4 is 0 Å². The minimum absolute atomic E-state index is 0.755. The van der Waals surface area contributed by atoms with Crippen molar-refractivity contribution in [2.75, 3.05) is 0 Å². The molecule has 1 N–H and O–H groups in total. The molecule has 58 valence electrons. The molecule has 0 bridgehead atoms. The molecule has 0 saturated heterocycles. The summed E-state index contributed by atoms with van der Waals surface area (Å²) in [5.41, 5.74) is 2.73.